The maximum Gasteiger partial charge on any atom is 0.105 e. The summed E-state index contributed by atoms with van der Waals surface area (Å²) >= 11 is 12.2. The van der Waals surface area contributed by atoms with Crippen LogP contribution in [0, 0.1) is 0 Å². The normalized spacial score (nSPS) is 27.8. The van der Waals surface area contributed by atoms with E-state index >= 15 is 0 Å². The second-order valence-electron chi connectivity index (χ2n) is 5.37. The molecule has 112 valence electrons. The maximum atomic E-state index is 10.5. The van der Waals surface area contributed by atoms with Crippen molar-refractivity contribution in [1.82, 2.24) is 5.32 Å². The molecule has 1 saturated heterocycles. The highest BCUT2D eigenvalue weighted by Gasteiger charge is 2.39. The number of hydrogen-bond acceptors (Lipinski definition) is 3. The van der Waals surface area contributed by atoms with Gasteiger partial charge < -0.3 is 15.2 Å². The van der Waals surface area contributed by atoms with Crippen LogP contribution in [0.5, 0.6) is 0 Å². The summed E-state index contributed by atoms with van der Waals surface area (Å²) in [6.07, 6.45) is 1.40. The lowest BCUT2D eigenvalue weighted by atomic mass is 9.95. The predicted molar refractivity (Wildman–Crippen MR) is 82.5 cm³/mol. The van der Waals surface area contributed by atoms with Gasteiger partial charge in [0.2, 0.25) is 0 Å². The van der Waals surface area contributed by atoms with E-state index < -0.39 is 5.60 Å². The molecule has 0 aromatic heterocycles. The molecule has 3 nitrogen and oxygen atoms in total. The second kappa shape index (κ2) is 6.63. The van der Waals surface area contributed by atoms with Crippen molar-refractivity contribution < 1.29 is 9.84 Å². The molecule has 0 radical (unpaired) electrons. The quantitative estimate of drug-likeness (QED) is 0.872. The van der Waals surface area contributed by atoms with Crippen LogP contribution in [0.1, 0.15) is 38.3 Å². The van der Waals surface area contributed by atoms with Gasteiger partial charge in [-0.25, -0.2) is 0 Å². The molecule has 0 bridgehead atoms. The van der Waals surface area contributed by atoms with Gasteiger partial charge in [0.25, 0.3) is 0 Å². The molecular formula is C15H21Cl2NO2. The van der Waals surface area contributed by atoms with Gasteiger partial charge >= 0.3 is 0 Å². The number of hydrogen-bond donors (Lipinski definition) is 2. The number of rotatable bonds is 5. The van der Waals surface area contributed by atoms with Crippen LogP contribution in [0.4, 0.5) is 0 Å². The Balaban J connectivity index is 2.06. The Morgan fingerprint density at radius 1 is 1.50 bits per heavy atom. The minimum Gasteiger partial charge on any atom is -0.386 e. The molecule has 20 heavy (non-hydrogen) atoms. The minimum absolute atomic E-state index is 0.0941. The predicted octanol–water partition coefficient (Wildman–Crippen LogP) is 3.57. The van der Waals surface area contributed by atoms with Crippen LogP contribution in [-0.4, -0.2) is 30.0 Å². The van der Waals surface area contributed by atoms with E-state index in [1.54, 1.807) is 6.07 Å². The summed E-state index contributed by atoms with van der Waals surface area (Å²) in [6.45, 7) is 5.09. The average Bonchev–Trinajstić information content (AvgIpc) is 2.73. The van der Waals surface area contributed by atoms with Crippen LogP contribution in [0.15, 0.2) is 18.2 Å². The Morgan fingerprint density at radius 3 is 2.80 bits per heavy atom. The van der Waals surface area contributed by atoms with Gasteiger partial charge in [-0.15, -0.1) is 0 Å². The molecule has 1 aliphatic rings. The van der Waals surface area contributed by atoms with Crippen LogP contribution in [0.3, 0.4) is 0 Å². The van der Waals surface area contributed by atoms with Gasteiger partial charge in [0, 0.05) is 35.7 Å². The smallest absolute Gasteiger partial charge is 0.105 e. The lowest BCUT2D eigenvalue weighted by Gasteiger charge is -2.29. The van der Waals surface area contributed by atoms with Crippen molar-refractivity contribution in [3.63, 3.8) is 0 Å². The van der Waals surface area contributed by atoms with E-state index in [2.05, 4.69) is 12.2 Å². The summed E-state index contributed by atoms with van der Waals surface area (Å²) in [5, 5.41) is 15.2. The summed E-state index contributed by atoms with van der Waals surface area (Å²) in [5.41, 5.74) is 0.209. The van der Waals surface area contributed by atoms with Crippen molar-refractivity contribution in [3.05, 3.63) is 33.8 Å². The van der Waals surface area contributed by atoms with Crippen LogP contribution >= 0.6 is 23.2 Å². The Morgan fingerprint density at radius 2 is 2.25 bits per heavy atom. The third kappa shape index (κ3) is 3.46. The first-order chi connectivity index (χ1) is 9.46. The molecule has 0 amide bonds. The fraction of sp³-hybridized carbons (Fsp3) is 0.600. The first kappa shape index (κ1) is 16.1. The number of halogens is 2. The van der Waals surface area contributed by atoms with Crippen LogP contribution in [-0.2, 0) is 4.74 Å². The summed E-state index contributed by atoms with van der Waals surface area (Å²) in [4.78, 5) is 0. The summed E-state index contributed by atoms with van der Waals surface area (Å²) in [5.74, 6) is 0. The van der Waals surface area contributed by atoms with Crippen molar-refractivity contribution in [1.29, 1.82) is 0 Å². The van der Waals surface area contributed by atoms with Gasteiger partial charge in [-0.1, -0.05) is 36.2 Å². The van der Waals surface area contributed by atoms with Crippen LogP contribution < -0.4 is 5.32 Å². The standard InChI is InChI=1S/C15H21Cl2NO2/c1-3-14(12-5-4-11(16)8-13(12)17)18-9-15(19)6-7-20-10(15)2/h4-5,8,10,14,18-19H,3,6-7,9H2,1-2H3. The lowest BCUT2D eigenvalue weighted by molar-refractivity contribution is -0.0277. The van der Waals surface area contributed by atoms with E-state index in [0.717, 1.165) is 12.0 Å². The number of ether oxygens (including phenoxy) is 1. The second-order valence-corrected chi connectivity index (χ2v) is 6.22. The molecular weight excluding hydrogens is 297 g/mol. The maximum absolute atomic E-state index is 10.5. The number of aliphatic hydroxyl groups is 1. The van der Waals surface area contributed by atoms with E-state index in [1.807, 2.05) is 19.1 Å². The number of benzene rings is 1. The van der Waals surface area contributed by atoms with E-state index in [0.29, 0.717) is 29.6 Å². The molecule has 5 heteroatoms. The fourth-order valence-electron chi connectivity index (χ4n) is 2.56. The third-order valence-corrected chi connectivity index (χ3v) is 4.62. The van der Waals surface area contributed by atoms with E-state index in [4.69, 9.17) is 27.9 Å². The molecule has 1 fully saturated rings. The van der Waals surface area contributed by atoms with Crippen molar-refractivity contribution in [3.8, 4) is 0 Å². The van der Waals surface area contributed by atoms with Gasteiger partial charge in [0.05, 0.1) is 6.10 Å². The molecule has 1 heterocycles. The van der Waals surface area contributed by atoms with E-state index in [9.17, 15) is 5.11 Å². The summed E-state index contributed by atoms with van der Waals surface area (Å²) in [6, 6.07) is 5.61. The van der Waals surface area contributed by atoms with Gasteiger partial charge in [-0.3, -0.25) is 0 Å². The number of nitrogens with one attached hydrogen (secondary N) is 1. The molecule has 3 atom stereocenters. The van der Waals surface area contributed by atoms with Gasteiger partial charge in [-0.05, 0) is 31.0 Å². The third-order valence-electron chi connectivity index (χ3n) is 4.06. The molecule has 0 aliphatic carbocycles. The highest BCUT2D eigenvalue weighted by molar-refractivity contribution is 6.35. The molecule has 1 aromatic carbocycles. The zero-order chi connectivity index (χ0) is 14.8. The van der Waals surface area contributed by atoms with E-state index in [1.165, 1.54) is 0 Å². The van der Waals surface area contributed by atoms with Crippen molar-refractivity contribution in [2.24, 2.45) is 0 Å². The lowest BCUT2D eigenvalue weighted by Crippen LogP contribution is -2.46. The molecule has 2 rings (SSSR count). The SMILES string of the molecule is CCC(NCC1(O)CCOC1C)c1ccc(Cl)cc1Cl. The highest BCUT2D eigenvalue weighted by Crippen LogP contribution is 2.30. The first-order valence-electron chi connectivity index (χ1n) is 6.98. The monoisotopic (exact) mass is 317 g/mol. The Labute approximate surface area is 130 Å². The van der Waals surface area contributed by atoms with Crippen LogP contribution in [0.2, 0.25) is 10.0 Å². The van der Waals surface area contributed by atoms with Crippen LogP contribution in [0.25, 0.3) is 0 Å². The van der Waals surface area contributed by atoms with Gasteiger partial charge in [0.15, 0.2) is 0 Å². The van der Waals surface area contributed by atoms with E-state index in [-0.39, 0.29) is 12.1 Å². The molecule has 0 spiro atoms. The summed E-state index contributed by atoms with van der Waals surface area (Å²) < 4.78 is 5.45. The highest BCUT2D eigenvalue weighted by atomic mass is 35.5. The topological polar surface area (TPSA) is 41.5 Å². The zero-order valence-electron chi connectivity index (χ0n) is 11.8. The van der Waals surface area contributed by atoms with Gasteiger partial charge in [-0.2, -0.15) is 0 Å². The zero-order valence-corrected chi connectivity index (χ0v) is 13.3. The largest absolute Gasteiger partial charge is 0.386 e. The Hall–Kier alpha value is -0.320. The average molecular weight is 318 g/mol. The molecule has 3 unspecified atom stereocenters. The fourth-order valence-corrected chi connectivity index (χ4v) is 3.10. The van der Waals surface area contributed by atoms with Gasteiger partial charge in [0.1, 0.15) is 5.60 Å². The Bertz CT molecular complexity index is 469. The summed E-state index contributed by atoms with van der Waals surface area (Å²) in [7, 11) is 0. The Kier molecular flexibility index (Phi) is 5.32. The minimum atomic E-state index is -0.799. The van der Waals surface area contributed by atoms with Crippen molar-refractivity contribution in [2.75, 3.05) is 13.2 Å². The molecule has 2 N–H and O–H groups in total. The molecule has 0 saturated carbocycles. The van der Waals surface area contributed by atoms with Crippen molar-refractivity contribution in [2.45, 2.75) is 44.4 Å². The molecule has 1 aliphatic heterocycles. The van der Waals surface area contributed by atoms with Crippen molar-refractivity contribution >= 4 is 23.2 Å². The first-order valence-corrected chi connectivity index (χ1v) is 7.74. The molecule has 1 aromatic rings.